The molecule has 1 aromatic heterocycles. The summed E-state index contributed by atoms with van der Waals surface area (Å²) in [4.78, 5) is 36.4. The first-order chi connectivity index (χ1) is 15.4. The molecule has 166 valence electrons. The largest absolute Gasteiger partial charge is 0.496 e. The fraction of sp³-hybridized carbons (Fsp3) is 0.217. The van der Waals surface area contributed by atoms with Gasteiger partial charge in [-0.25, -0.2) is 4.79 Å². The lowest BCUT2D eigenvalue weighted by Crippen LogP contribution is -2.34. The lowest BCUT2D eigenvalue weighted by Gasteiger charge is -2.09. The third-order valence-electron chi connectivity index (χ3n) is 4.59. The summed E-state index contributed by atoms with van der Waals surface area (Å²) in [5.41, 5.74) is 2.05. The van der Waals surface area contributed by atoms with Crippen molar-refractivity contribution in [2.24, 2.45) is 0 Å². The molecular formula is C23H22N2O7. The molecule has 0 unspecified atom stereocenters. The van der Waals surface area contributed by atoms with Crippen LogP contribution in [0.5, 0.6) is 11.5 Å². The molecule has 1 heterocycles. The van der Waals surface area contributed by atoms with Crippen LogP contribution in [-0.4, -0.2) is 36.7 Å². The summed E-state index contributed by atoms with van der Waals surface area (Å²) in [5, 5.41) is 6.03. The molecule has 2 aromatic carbocycles. The monoisotopic (exact) mass is 438 g/mol. The van der Waals surface area contributed by atoms with E-state index in [2.05, 4.69) is 10.5 Å². The maximum absolute atomic E-state index is 12.2. The average molecular weight is 438 g/mol. The summed E-state index contributed by atoms with van der Waals surface area (Å²) in [6.45, 7) is 3.31. The molecule has 0 saturated heterocycles. The van der Waals surface area contributed by atoms with Gasteiger partial charge in [0.05, 0.1) is 29.5 Å². The highest BCUT2D eigenvalue weighted by molar-refractivity contribution is 6.07. The second-order valence-electron chi connectivity index (χ2n) is 6.77. The highest BCUT2D eigenvalue weighted by Crippen LogP contribution is 2.19. The normalized spacial score (nSPS) is 10.3. The van der Waals surface area contributed by atoms with Gasteiger partial charge in [-0.1, -0.05) is 17.3 Å². The third-order valence-corrected chi connectivity index (χ3v) is 4.59. The number of ether oxygens (including phenoxy) is 3. The topological polar surface area (TPSA) is 117 Å². The number of amides is 2. The van der Waals surface area contributed by atoms with Crippen LogP contribution in [-0.2, 0) is 16.1 Å². The Labute approximate surface area is 184 Å². The Morgan fingerprint density at radius 2 is 1.75 bits per heavy atom. The van der Waals surface area contributed by atoms with Crippen LogP contribution in [0.2, 0.25) is 0 Å². The molecule has 9 nitrogen and oxygen atoms in total. The van der Waals surface area contributed by atoms with Gasteiger partial charge in [-0.15, -0.1) is 0 Å². The standard InChI is InChI=1S/C23H22N2O7/c1-14-19(15(2)32-25-14)12-30-17-10-8-16(9-11-17)23(28)31-13-21(26)24-22(27)18-6-4-5-7-20(18)29-3/h4-11H,12-13H2,1-3H3,(H,24,26,27). The van der Waals surface area contributed by atoms with Crippen LogP contribution in [0.25, 0.3) is 0 Å². The number of imide groups is 1. The van der Waals surface area contributed by atoms with Crippen LogP contribution in [0.1, 0.15) is 37.7 Å². The maximum atomic E-state index is 12.2. The van der Waals surface area contributed by atoms with E-state index in [-0.39, 0.29) is 17.7 Å². The Bertz CT molecular complexity index is 1100. The highest BCUT2D eigenvalue weighted by atomic mass is 16.5. The molecule has 1 N–H and O–H groups in total. The van der Waals surface area contributed by atoms with Gasteiger partial charge in [0.2, 0.25) is 0 Å². The van der Waals surface area contributed by atoms with Gasteiger partial charge in [-0.3, -0.25) is 14.9 Å². The predicted molar refractivity (Wildman–Crippen MR) is 113 cm³/mol. The number of aryl methyl sites for hydroxylation is 2. The summed E-state index contributed by atoms with van der Waals surface area (Å²) < 4.78 is 20.8. The van der Waals surface area contributed by atoms with E-state index < -0.39 is 24.4 Å². The van der Waals surface area contributed by atoms with E-state index in [1.54, 1.807) is 37.3 Å². The van der Waals surface area contributed by atoms with Crippen molar-refractivity contribution >= 4 is 17.8 Å². The van der Waals surface area contributed by atoms with Gasteiger partial charge in [0.25, 0.3) is 11.8 Å². The molecule has 0 aliphatic carbocycles. The minimum absolute atomic E-state index is 0.196. The van der Waals surface area contributed by atoms with Gasteiger partial charge in [-0.2, -0.15) is 0 Å². The van der Waals surface area contributed by atoms with Crippen LogP contribution in [0.15, 0.2) is 53.1 Å². The Balaban J connectivity index is 1.49. The zero-order valence-electron chi connectivity index (χ0n) is 17.8. The molecule has 0 spiro atoms. The number of carbonyl (C=O) groups excluding carboxylic acids is 3. The van der Waals surface area contributed by atoms with Crippen molar-refractivity contribution in [3.05, 3.63) is 76.7 Å². The number of methoxy groups -OCH3 is 1. The van der Waals surface area contributed by atoms with Crippen molar-refractivity contribution in [1.29, 1.82) is 0 Å². The van der Waals surface area contributed by atoms with Crippen molar-refractivity contribution in [2.75, 3.05) is 13.7 Å². The molecule has 0 bridgehead atoms. The molecule has 0 aliphatic rings. The highest BCUT2D eigenvalue weighted by Gasteiger charge is 2.17. The lowest BCUT2D eigenvalue weighted by atomic mass is 10.2. The van der Waals surface area contributed by atoms with Gasteiger partial charge < -0.3 is 18.7 Å². The Morgan fingerprint density at radius 1 is 1.03 bits per heavy atom. The number of hydrogen-bond donors (Lipinski definition) is 1. The Morgan fingerprint density at radius 3 is 2.41 bits per heavy atom. The number of benzene rings is 2. The smallest absolute Gasteiger partial charge is 0.338 e. The first-order valence-corrected chi connectivity index (χ1v) is 9.68. The van der Waals surface area contributed by atoms with Gasteiger partial charge >= 0.3 is 5.97 Å². The summed E-state index contributed by atoms with van der Waals surface area (Å²) in [7, 11) is 1.42. The van der Waals surface area contributed by atoms with E-state index in [0.717, 1.165) is 11.3 Å². The van der Waals surface area contributed by atoms with Crippen molar-refractivity contribution in [2.45, 2.75) is 20.5 Å². The Kier molecular flexibility index (Phi) is 7.22. The van der Waals surface area contributed by atoms with Gasteiger partial charge in [0.15, 0.2) is 6.61 Å². The fourth-order valence-electron chi connectivity index (χ4n) is 2.83. The van der Waals surface area contributed by atoms with E-state index in [1.165, 1.54) is 25.3 Å². The second-order valence-corrected chi connectivity index (χ2v) is 6.77. The zero-order chi connectivity index (χ0) is 23.1. The quantitative estimate of drug-likeness (QED) is 0.534. The van der Waals surface area contributed by atoms with Crippen molar-refractivity contribution in [3.8, 4) is 11.5 Å². The van der Waals surface area contributed by atoms with E-state index in [4.69, 9.17) is 18.7 Å². The molecule has 32 heavy (non-hydrogen) atoms. The number of nitrogens with zero attached hydrogens (tertiary/aromatic N) is 1. The summed E-state index contributed by atoms with van der Waals surface area (Å²) >= 11 is 0. The number of carbonyl (C=O) groups is 3. The van der Waals surface area contributed by atoms with E-state index in [1.807, 2.05) is 6.92 Å². The number of para-hydroxylation sites is 1. The van der Waals surface area contributed by atoms with E-state index in [0.29, 0.717) is 17.3 Å². The number of esters is 1. The number of nitrogens with one attached hydrogen (secondary N) is 1. The predicted octanol–water partition coefficient (Wildman–Crippen LogP) is 2.99. The fourth-order valence-corrected chi connectivity index (χ4v) is 2.83. The van der Waals surface area contributed by atoms with Gasteiger partial charge in [0, 0.05) is 0 Å². The first kappa shape index (κ1) is 22.5. The van der Waals surface area contributed by atoms with E-state index in [9.17, 15) is 14.4 Å². The molecule has 0 atom stereocenters. The lowest BCUT2D eigenvalue weighted by molar-refractivity contribution is -0.123. The van der Waals surface area contributed by atoms with Gasteiger partial charge in [-0.05, 0) is 50.2 Å². The van der Waals surface area contributed by atoms with Crippen LogP contribution < -0.4 is 14.8 Å². The number of rotatable bonds is 8. The average Bonchev–Trinajstić information content (AvgIpc) is 3.13. The molecule has 0 radical (unpaired) electrons. The molecule has 0 saturated carbocycles. The molecule has 0 aliphatic heterocycles. The molecule has 2 amide bonds. The molecule has 3 rings (SSSR count). The van der Waals surface area contributed by atoms with Gasteiger partial charge in [0.1, 0.15) is 23.9 Å². The third kappa shape index (κ3) is 5.51. The maximum Gasteiger partial charge on any atom is 0.338 e. The summed E-state index contributed by atoms with van der Waals surface area (Å²) in [6.07, 6.45) is 0. The molecular weight excluding hydrogens is 416 g/mol. The van der Waals surface area contributed by atoms with Crippen LogP contribution in [0.4, 0.5) is 0 Å². The van der Waals surface area contributed by atoms with Crippen LogP contribution >= 0.6 is 0 Å². The number of hydrogen-bond acceptors (Lipinski definition) is 8. The van der Waals surface area contributed by atoms with Crippen LogP contribution in [0.3, 0.4) is 0 Å². The molecule has 0 fully saturated rings. The Hall–Kier alpha value is -4.14. The van der Waals surface area contributed by atoms with Crippen molar-refractivity contribution in [1.82, 2.24) is 10.5 Å². The molecule has 3 aromatic rings. The summed E-state index contributed by atoms with van der Waals surface area (Å²) in [5.74, 6) is -0.558. The number of aromatic nitrogens is 1. The van der Waals surface area contributed by atoms with Crippen LogP contribution in [0, 0.1) is 13.8 Å². The minimum Gasteiger partial charge on any atom is -0.496 e. The van der Waals surface area contributed by atoms with Crippen molar-refractivity contribution in [3.63, 3.8) is 0 Å². The second kappa shape index (κ2) is 10.3. The van der Waals surface area contributed by atoms with E-state index >= 15 is 0 Å². The molecule has 9 heteroatoms. The SMILES string of the molecule is COc1ccccc1C(=O)NC(=O)COC(=O)c1ccc(OCc2c(C)noc2C)cc1. The minimum atomic E-state index is -0.756. The zero-order valence-corrected chi connectivity index (χ0v) is 17.8. The summed E-state index contributed by atoms with van der Waals surface area (Å²) in [6, 6.07) is 12.7. The first-order valence-electron chi connectivity index (χ1n) is 9.68. The van der Waals surface area contributed by atoms with Crippen molar-refractivity contribution < 1.29 is 33.1 Å².